The molecule has 0 amide bonds. The van der Waals surface area contributed by atoms with E-state index >= 15 is 0 Å². The number of halogens is 1. The highest BCUT2D eigenvalue weighted by Gasteiger charge is 2.21. The van der Waals surface area contributed by atoms with Gasteiger partial charge in [0.1, 0.15) is 5.82 Å². The Morgan fingerprint density at radius 3 is 2.26 bits per heavy atom. The highest BCUT2D eigenvalue weighted by atomic mass is 32.2. The largest absolute Gasteiger partial charge is 0.462 e. The fourth-order valence-corrected chi connectivity index (χ4v) is 4.34. The number of carbonyl (C=O) groups is 1. The third-order valence-corrected chi connectivity index (χ3v) is 6.51. The third-order valence-electron chi connectivity index (χ3n) is 4.74. The normalized spacial score (nSPS) is 11.3. The van der Waals surface area contributed by atoms with Crippen LogP contribution in [0.2, 0.25) is 0 Å². The van der Waals surface area contributed by atoms with Gasteiger partial charge in [-0.1, -0.05) is 42.5 Å². The van der Waals surface area contributed by atoms with Crippen LogP contribution < -0.4 is 5.32 Å². The first-order chi connectivity index (χ1) is 14.9. The van der Waals surface area contributed by atoms with Crippen molar-refractivity contribution in [2.45, 2.75) is 29.7 Å². The fourth-order valence-electron chi connectivity index (χ4n) is 3.07. The van der Waals surface area contributed by atoms with Crippen molar-refractivity contribution in [1.29, 1.82) is 0 Å². The Morgan fingerprint density at radius 2 is 1.61 bits per heavy atom. The summed E-state index contributed by atoms with van der Waals surface area (Å²) in [6.45, 7) is 3.23. The molecule has 0 aliphatic rings. The van der Waals surface area contributed by atoms with Gasteiger partial charge in [-0.25, -0.2) is 17.6 Å². The summed E-state index contributed by atoms with van der Waals surface area (Å²) in [6.07, 6.45) is 0.746. The van der Waals surface area contributed by atoms with Gasteiger partial charge in [0.2, 0.25) is 9.84 Å². The molecule has 31 heavy (non-hydrogen) atoms. The van der Waals surface area contributed by atoms with Crippen molar-refractivity contribution < 1.29 is 22.3 Å². The van der Waals surface area contributed by atoms with Crippen molar-refractivity contribution in [3.05, 3.63) is 95.3 Å². The van der Waals surface area contributed by atoms with Gasteiger partial charge in [0.05, 0.1) is 22.0 Å². The monoisotopic (exact) mass is 441 g/mol. The van der Waals surface area contributed by atoms with E-state index in [0.717, 1.165) is 37.2 Å². The van der Waals surface area contributed by atoms with Gasteiger partial charge in [-0.15, -0.1) is 0 Å². The van der Waals surface area contributed by atoms with E-state index in [0.29, 0.717) is 0 Å². The molecule has 0 atom stereocenters. The summed E-state index contributed by atoms with van der Waals surface area (Å²) < 4.78 is 44.7. The highest BCUT2D eigenvalue weighted by molar-refractivity contribution is 7.91. The standard InChI is InChI=1S/C24H24FNO4S/c1-2-30-24(27)22-13-12-21(16-23(22)25)31(28,29)20-10-8-18(9-11-20)14-15-26-17-19-6-4-3-5-7-19/h3-13,16,26H,2,14-15,17H2,1H3. The average molecular weight is 442 g/mol. The van der Waals surface area contributed by atoms with Gasteiger partial charge in [0.15, 0.2) is 0 Å². The molecule has 0 fully saturated rings. The van der Waals surface area contributed by atoms with E-state index in [9.17, 15) is 17.6 Å². The topological polar surface area (TPSA) is 72.5 Å². The number of hydrogen-bond donors (Lipinski definition) is 1. The zero-order valence-electron chi connectivity index (χ0n) is 17.2. The van der Waals surface area contributed by atoms with Gasteiger partial charge in [-0.3, -0.25) is 0 Å². The van der Waals surface area contributed by atoms with Crippen LogP contribution in [0.3, 0.4) is 0 Å². The van der Waals surface area contributed by atoms with Crippen LogP contribution in [0.4, 0.5) is 4.39 Å². The van der Waals surface area contributed by atoms with E-state index in [4.69, 9.17) is 4.74 Å². The molecule has 3 aromatic carbocycles. The van der Waals surface area contributed by atoms with Gasteiger partial charge in [0.25, 0.3) is 0 Å². The Morgan fingerprint density at radius 1 is 0.935 bits per heavy atom. The van der Waals surface area contributed by atoms with Crippen molar-refractivity contribution in [2.75, 3.05) is 13.2 Å². The SMILES string of the molecule is CCOC(=O)c1ccc(S(=O)(=O)c2ccc(CCNCc3ccccc3)cc2)cc1F. The van der Waals surface area contributed by atoms with Crippen LogP contribution in [0, 0.1) is 5.82 Å². The second kappa shape index (κ2) is 10.3. The summed E-state index contributed by atoms with van der Waals surface area (Å²) >= 11 is 0. The van der Waals surface area contributed by atoms with Crippen LogP contribution in [-0.4, -0.2) is 27.5 Å². The lowest BCUT2D eigenvalue weighted by atomic mass is 10.1. The summed E-state index contributed by atoms with van der Waals surface area (Å²) in [5, 5.41) is 3.35. The molecule has 162 valence electrons. The summed E-state index contributed by atoms with van der Waals surface area (Å²) in [5.41, 5.74) is 1.90. The number of hydrogen-bond acceptors (Lipinski definition) is 5. The van der Waals surface area contributed by atoms with Crippen molar-refractivity contribution in [3.8, 4) is 0 Å². The molecule has 0 bridgehead atoms. The quantitative estimate of drug-likeness (QED) is 0.399. The van der Waals surface area contributed by atoms with Gasteiger partial charge in [-0.2, -0.15) is 0 Å². The predicted octanol–water partition coefficient (Wildman–Crippen LogP) is 4.17. The number of carbonyl (C=O) groups excluding carboxylic acids is 1. The number of esters is 1. The molecule has 5 nitrogen and oxygen atoms in total. The number of nitrogens with one attached hydrogen (secondary N) is 1. The molecule has 3 aromatic rings. The lowest BCUT2D eigenvalue weighted by Crippen LogP contribution is -2.16. The van der Waals surface area contributed by atoms with E-state index in [1.165, 1.54) is 23.8 Å². The van der Waals surface area contributed by atoms with Crippen LogP contribution in [0.25, 0.3) is 0 Å². The van der Waals surface area contributed by atoms with Crippen LogP contribution in [0.1, 0.15) is 28.4 Å². The summed E-state index contributed by atoms with van der Waals surface area (Å²) in [4.78, 5) is 11.6. The number of sulfone groups is 1. The van der Waals surface area contributed by atoms with Crippen LogP contribution in [0.15, 0.2) is 82.6 Å². The van der Waals surface area contributed by atoms with Crippen LogP contribution >= 0.6 is 0 Å². The summed E-state index contributed by atoms with van der Waals surface area (Å²) in [7, 11) is -3.90. The molecule has 0 spiro atoms. The van der Waals surface area contributed by atoms with E-state index in [2.05, 4.69) is 17.4 Å². The van der Waals surface area contributed by atoms with Gasteiger partial charge in [-0.05, 0) is 61.3 Å². The Hall–Kier alpha value is -3.03. The summed E-state index contributed by atoms with van der Waals surface area (Å²) in [5.74, 6) is -1.75. The number of rotatable bonds is 9. The summed E-state index contributed by atoms with van der Waals surface area (Å²) in [6, 6.07) is 19.8. The average Bonchev–Trinajstić information content (AvgIpc) is 2.78. The van der Waals surface area contributed by atoms with Crippen LogP contribution in [0.5, 0.6) is 0 Å². The minimum atomic E-state index is -3.90. The second-order valence-corrected chi connectivity index (χ2v) is 8.87. The van der Waals surface area contributed by atoms with Crippen molar-refractivity contribution in [1.82, 2.24) is 5.32 Å². The van der Waals surface area contributed by atoms with Crippen molar-refractivity contribution in [3.63, 3.8) is 0 Å². The minimum absolute atomic E-state index is 0.0665. The van der Waals surface area contributed by atoms with Gasteiger partial charge >= 0.3 is 5.97 Å². The maximum absolute atomic E-state index is 14.3. The first kappa shape index (κ1) is 22.7. The maximum atomic E-state index is 14.3. The Labute approximate surface area is 181 Å². The van der Waals surface area contributed by atoms with E-state index in [1.807, 2.05) is 18.2 Å². The van der Waals surface area contributed by atoms with Gasteiger partial charge in [0, 0.05) is 6.54 Å². The molecule has 0 saturated heterocycles. The molecule has 0 aliphatic heterocycles. The maximum Gasteiger partial charge on any atom is 0.341 e. The molecular formula is C24H24FNO4S. The minimum Gasteiger partial charge on any atom is -0.462 e. The van der Waals surface area contributed by atoms with Crippen molar-refractivity contribution >= 4 is 15.8 Å². The smallest absolute Gasteiger partial charge is 0.341 e. The fraction of sp³-hybridized carbons (Fsp3) is 0.208. The van der Waals surface area contributed by atoms with Crippen LogP contribution in [-0.2, 0) is 27.5 Å². The molecule has 0 aliphatic carbocycles. The molecule has 1 N–H and O–H groups in total. The predicted molar refractivity (Wildman–Crippen MR) is 116 cm³/mol. The third kappa shape index (κ3) is 5.77. The zero-order valence-corrected chi connectivity index (χ0v) is 18.0. The first-order valence-corrected chi connectivity index (χ1v) is 11.5. The Bertz CT molecular complexity index is 1130. The molecule has 3 rings (SSSR count). The lowest BCUT2D eigenvalue weighted by Gasteiger charge is -2.09. The van der Waals surface area contributed by atoms with E-state index in [-0.39, 0.29) is 22.0 Å². The van der Waals surface area contributed by atoms with Gasteiger partial charge < -0.3 is 10.1 Å². The molecule has 0 aromatic heterocycles. The van der Waals surface area contributed by atoms with E-state index in [1.54, 1.807) is 19.1 Å². The Kier molecular flexibility index (Phi) is 7.55. The molecule has 0 heterocycles. The molecule has 7 heteroatoms. The van der Waals surface area contributed by atoms with Crippen molar-refractivity contribution in [2.24, 2.45) is 0 Å². The highest BCUT2D eigenvalue weighted by Crippen LogP contribution is 2.23. The molecule has 0 radical (unpaired) electrons. The first-order valence-electron chi connectivity index (χ1n) is 9.97. The Balaban J connectivity index is 1.64. The number of ether oxygens (including phenoxy) is 1. The number of benzene rings is 3. The molecule has 0 saturated carbocycles. The van der Waals surface area contributed by atoms with E-state index < -0.39 is 21.6 Å². The molecule has 0 unspecified atom stereocenters. The zero-order chi connectivity index (χ0) is 22.3. The lowest BCUT2D eigenvalue weighted by molar-refractivity contribution is 0.0521. The molecular weight excluding hydrogens is 417 g/mol. The second-order valence-electron chi connectivity index (χ2n) is 6.92.